The zero-order chi connectivity index (χ0) is 22.1. The molecule has 0 aliphatic heterocycles. The van der Waals surface area contributed by atoms with Gasteiger partial charge < -0.3 is 4.74 Å². The number of thiazole rings is 1. The molecule has 0 atom stereocenters. The molecule has 1 aromatic carbocycles. The van der Waals surface area contributed by atoms with Gasteiger partial charge in [0.15, 0.2) is 5.02 Å². The van der Waals surface area contributed by atoms with Crippen LogP contribution in [0.3, 0.4) is 0 Å². The summed E-state index contributed by atoms with van der Waals surface area (Å²) in [4.78, 5) is 30.2. The van der Waals surface area contributed by atoms with E-state index in [4.69, 9.17) is 27.9 Å². The second kappa shape index (κ2) is 8.74. The fraction of sp³-hybridized carbons (Fsp3) is 0.190. The summed E-state index contributed by atoms with van der Waals surface area (Å²) in [7, 11) is 0. The standard InChI is InChI=1S/C21H17Cl2N5O2S/c1-11-7-24-10-25-19(11)14-4-5-16(22)17(6-14)28-12(2)26-20(18(23)21(28)29)30-8-15-9-31-13(3)27-15/h4-7,9-10H,8H2,1-3H3. The summed E-state index contributed by atoms with van der Waals surface area (Å²) in [6, 6.07) is 5.33. The summed E-state index contributed by atoms with van der Waals surface area (Å²) in [6.07, 6.45) is 3.20. The number of halogens is 2. The number of hydrogen-bond donors (Lipinski definition) is 0. The highest BCUT2D eigenvalue weighted by Crippen LogP contribution is 2.29. The summed E-state index contributed by atoms with van der Waals surface area (Å²) in [5, 5.41) is 3.07. The molecule has 0 fully saturated rings. The van der Waals surface area contributed by atoms with E-state index in [1.165, 1.54) is 22.2 Å². The van der Waals surface area contributed by atoms with Crippen LogP contribution < -0.4 is 10.3 Å². The minimum absolute atomic E-state index is 0.0602. The molecule has 0 bridgehead atoms. The van der Waals surface area contributed by atoms with Crippen molar-refractivity contribution in [1.29, 1.82) is 0 Å². The molecule has 158 valence electrons. The minimum Gasteiger partial charge on any atom is -0.470 e. The lowest BCUT2D eigenvalue weighted by atomic mass is 10.1. The first-order valence-electron chi connectivity index (χ1n) is 9.25. The van der Waals surface area contributed by atoms with Crippen LogP contribution in [0.15, 0.2) is 40.9 Å². The van der Waals surface area contributed by atoms with Gasteiger partial charge in [-0.2, -0.15) is 4.98 Å². The molecule has 0 unspecified atom stereocenters. The van der Waals surface area contributed by atoms with E-state index in [9.17, 15) is 4.79 Å². The molecule has 0 N–H and O–H groups in total. The average molecular weight is 474 g/mol. The summed E-state index contributed by atoms with van der Waals surface area (Å²) < 4.78 is 7.03. The van der Waals surface area contributed by atoms with Gasteiger partial charge in [-0.25, -0.2) is 15.0 Å². The molecule has 0 amide bonds. The Morgan fingerprint density at radius 2 is 1.97 bits per heavy atom. The highest BCUT2D eigenvalue weighted by Gasteiger charge is 2.18. The molecule has 7 nitrogen and oxygen atoms in total. The van der Waals surface area contributed by atoms with Crippen molar-refractivity contribution >= 4 is 34.5 Å². The van der Waals surface area contributed by atoms with E-state index in [0.717, 1.165) is 27.5 Å². The third-order valence-corrected chi connectivity index (χ3v) is 6.01. The maximum atomic E-state index is 13.1. The van der Waals surface area contributed by atoms with Crippen LogP contribution in [0.5, 0.6) is 5.88 Å². The second-order valence-corrected chi connectivity index (χ2v) is 8.63. The van der Waals surface area contributed by atoms with Crippen LogP contribution in [0.2, 0.25) is 10.0 Å². The fourth-order valence-corrected chi connectivity index (χ4v) is 4.09. The quantitative estimate of drug-likeness (QED) is 0.407. The van der Waals surface area contributed by atoms with Crippen molar-refractivity contribution in [3.8, 4) is 22.8 Å². The number of rotatable bonds is 5. The first kappa shape index (κ1) is 21.4. The topological polar surface area (TPSA) is 82.8 Å². The van der Waals surface area contributed by atoms with Crippen LogP contribution in [0.4, 0.5) is 0 Å². The van der Waals surface area contributed by atoms with Gasteiger partial charge in [-0.05, 0) is 38.5 Å². The molecule has 0 aliphatic rings. The zero-order valence-electron chi connectivity index (χ0n) is 16.9. The van der Waals surface area contributed by atoms with Gasteiger partial charge in [0.25, 0.3) is 5.56 Å². The average Bonchev–Trinajstić information content (AvgIpc) is 3.16. The van der Waals surface area contributed by atoms with E-state index in [1.807, 2.05) is 25.3 Å². The Balaban J connectivity index is 1.75. The minimum atomic E-state index is -0.475. The van der Waals surface area contributed by atoms with Crippen LogP contribution in [-0.4, -0.2) is 24.5 Å². The molecular formula is C21H17Cl2N5O2S. The largest absolute Gasteiger partial charge is 0.470 e. The number of nitrogens with zero attached hydrogens (tertiary/aromatic N) is 5. The molecular weight excluding hydrogens is 457 g/mol. The molecule has 31 heavy (non-hydrogen) atoms. The number of aryl methyl sites for hydroxylation is 3. The van der Waals surface area contributed by atoms with Crippen molar-refractivity contribution in [1.82, 2.24) is 24.5 Å². The first-order chi connectivity index (χ1) is 14.8. The summed E-state index contributed by atoms with van der Waals surface area (Å²) >= 11 is 14.3. The first-order valence-corrected chi connectivity index (χ1v) is 10.9. The van der Waals surface area contributed by atoms with E-state index in [-0.39, 0.29) is 17.5 Å². The molecule has 0 radical (unpaired) electrons. The molecule has 3 heterocycles. The molecule has 3 aromatic heterocycles. The fourth-order valence-electron chi connectivity index (χ4n) is 3.11. The molecule has 4 rings (SSSR count). The normalized spacial score (nSPS) is 11.0. The SMILES string of the molecule is Cc1nc(COc2nc(C)n(-c3cc(-c4ncncc4C)ccc3Cl)c(=O)c2Cl)cs1. The predicted molar refractivity (Wildman–Crippen MR) is 122 cm³/mol. The van der Waals surface area contributed by atoms with Crippen molar-refractivity contribution in [2.24, 2.45) is 0 Å². The van der Waals surface area contributed by atoms with Gasteiger partial charge in [0.1, 0.15) is 18.8 Å². The second-order valence-electron chi connectivity index (χ2n) is 6.79. The smallest absolute Gasteiger partial charge is 0.280 e. The van der Waals surface area contributed by atoms with Gasteiger partial charge in [-0.1, -0.05) is 29.3 Å². The maximum absolute atomic E-state index is 13.1. The summed E-state index contributed by atoms with van der Waals surface area (Å²) in [6.45, 7) is 5.68. The van der Waals surface area contributed by atoms with E-state index in [2.05, 4.69) is 19.9 Å². The number of hydrogen-bond acceptors (Lipinski definition) is 7. The lowest BCUT2D eigenvalue weighted by molar-refractivity contribution is 0.287. The third-order valence-electron chi connectivity index (χ3n) is 4.54. The van der Waals surface area contributed by atoms with Gasteiger partial charge in [-0.3, -0.25) is 9.36 Å². The van der Waals surface area contributed by atoms with Crippen molar-refractivity contribution in [2.75, 3.05) is 0 Å². The van der Waals surface area contributed by atoms with Gasteiger partial charge >= 0.3 is 0 Å². The Bertz CT molecular complexity index is 1340. The molecule has 10 heteroatoms. The van der Waals surface area contributed by atoms with Crippen molar-refractivity contribution in [3.63, 3.8) is 0 Å². The van der Waals surface area contributed by atoms with Crippen LogP contribution in [0.25, 0.3) is 16.9 Å². The van der Waals surface area contributed by atoms with Gasteiger partial charge in [0.2, 0.25) is 5.88 Å². The van der Waals surface area contributed by atoms with E-state index >= 15 is 0 Å². The van der Waals surface area contributed by atoms with E-state index in [0.29, 0.717) is 16.5 Å². The Labute approximate surface area is 192 Å². The molecule has 0 saturated carbocycles. The van der Waals surface area contributed by atoms with E-state index < -0.39 is 5.56 Å². The molecule has 0 aliphatic carbocycles. The molecule has 4 aromatic rings. The predicted octanol–water partition coefficient (Wildman–Crippen LogP) is 4.96. The highest BCUT2D eigenvalue weighted by molar-refractivity contribution is 7.09. The summed E-state index contributed by atoms with van der Waals surface area (Å²) in [5.74, 6) is 0.447. The van der Waals surface area contributed by atoms with Crippen molar-refractivity contribution in [2.45, 2.75) is 27.4 Å². The number of ether oxygens (including phenoxy) is 1. The third kappa shape index (κ3) is 4.32. The number of aromatic nitrogens is 5. The Morgan fingerprint density at radius 3 is 2.68 bits per heavy atom. The maximum Gasteiger partial charge on any atom is 0.280 e. The Hall–Kier alpha value is -2.81. The van der Waals surface area contributed by atoms with Crippen LogP contribution >= 0.6 is 34.5 Å². The van der Waals surface area contributed by atoms with Crippen LogP contribution in [-0.2, 0) is 6.61 Å². The molecule has 0 saturated heterocycles. The van der Waals surface area contributed by atoms with Crippen molar-refractivity contribution in [3.05, 3.63) is 78.6 Å². The molecule has 0 spiro atoms. The lowest BCUT2D eigenvalue weighted by Crippen LogP contribution is -2.24. The lowest BCUT2D eigenvalue weighted by Gasteiger charge is -2.15. The number of benzene rings is 1. The zero-order valence-corrected chi connectivity index (χ0v) is 19.2. The van der Waals surface area contributed by atoms with Crippen LogP contribution in [0, 0.1) is 20.8 Å². The van der Waals surface area contributed by atoms with Crippen LogP contribution in [0.1, 0.15) is 22.1 Å². The Kier molecular flexibility index (Phi) is 6.04. The van der Waals surface area contributed by atoms with Gasteiger partial charge in [0.05, 0.1) is 27.1 Å². The van der Waals surface area contributed by atoms with Gasteiger partial charge in [-0.15, -0.1) is 11.3 Å². The van der Waals surface area contributed by atoms with Crippen molar-refractivity contribution < 1.29 is 4.74 Å². The van der Waals surface area contributed by atoms with Gasteiger partial charge in [0, 0.05) is 17.1 Å². The summed E-state index contributed by atoms with van der Waals surface area (Å²) in [5.41, 5.74) is 3.17. The monoisotopic (exact) mass is 473 g/mol. The Morgan fingerprint density at radius 1 is 1.16 bits per heavy atom. The highest BCUT2D eigenvalue weighted by atomic mass is 35.5. The van der Waals surface area contributed by atoms with E-state index in [1.54, 1.807) is 25.3 Å².